The van der Waals surface area contributed by atoms with Crippen LogP contribution in [0, 0.1) is 5.92 Å². The Balaban J connectivity index is 1.66. The second-order valence-electron chi connectivity index (χ2n) is 4.90. The maximum atomic E-state index is 10.6. The Bertz CT molecular complexity index is 488. The summed E-state index contributed by atoms with van der Waals surface area (Å²) in [6.07, 6.45) is 0.0703. The van der Waals surface area contributed by atoms with Crippen molar-refractivity contribution in [3.63, 3.8) is 0 Å². The SMILES string of the molecule is O=C(O)Nc1ccc2c(c1)NCC(CC1COC1)O2. The number of nitrogens with one attached hydrogen (secondary N) is 2. The molecule has 3 N–H and O–H groups in total. The highest BCUT2D eigenvalue weighted by Crippen LogP contribution is 2.33. The maximum Gasteiger partial charge on any atom is 0.409 e. The summed E-state index contributed by atoms with van der Waals surface area (Å²) in [5.41, 5.74) is 1.36. The number of fused-ring (bicyclic) bond motifs is 1. The summed E-state index contributed by atoms with van der Waals surface area (Å²) in [7, 11) is 0. The minimum absolute atomic E-state index is 0.152. The van der Waals surface area contributed by atoms with Gasteiger partial charge in [-0.05, 0) is 24.6 Å². The summed E-state index contributed by atoms with van der Waals surface area (Å²) >= 11 is 0. The fraction of sp³-hybridized carbons (Fsp3) is 0.462. The van der Waals surface area contributed by atoms with E-state index < -0.39 is 6.09 Å². The lowest BCUT2D eigenvalue weighted by atomic mass is 9.99. The predicted octanol–water partition coefficient (Wildman–Crippen LogP) is 1.99. The summed E-state index contributed by atoms with van der Waals surface area (Å²) in [5.74, 6) is 1.37. The Hall–Kier alpha value is -1.95. The van der Waals surface area contributed by atoms with Gasteiger partial charge in [0.25, 0.3) is 0 Å². The first-order valence-electron chi connectivity index (χ1n) is 6.33. The molecule has 0 radical (unpaired) electrons. The third kappa shape index (κ3) is 2.73. The Morgan fingerprint density at radius 2 is 2.32 bits per heavy atom. The molecule has 102 valence electrons. The molecule has 0 bridgehead atoms. The molecule has 0 aromatic heterocycles. The fourth-order valence-electron chi connectivity index (χ4n) is 2.34. The average molecular weight is 264 g/mol. The average Bonchev–Trinajstić information content (AvgIpc) is 2.33. The van der Waals surface area contributed by atoms with Crippen LogP contribution in [0.5, 0.6) is 5.75 Å². The van der Waals surface area contributed by atoms with Gasteiger partial charge >= 0.3 is 6.09 Å². The zero-order valence-corrected chi connectivity index (χ0v) is 10.4. The third-order valence-electron chi connectivity index (χ3n) is 3.35. The normalized spacial score (nSPS) is 21.6. The van der Waals surface area contributed by atoms with Gasteiger partial charge < -0.3 is 19.9 Å². The highest BCUT2D eigenvalue weighted by atomic mass is 16.5. The number of carboxylic acid groups (broad SMARTS) is 1. The molecule has 0 aliphatic carbocycles. The fourth-order valence-corrected chi connectivity index (χ4v) is 2.34. The molecule has 6 heteroatoms. The second-order valence-corrected chi connectivity index (χ2v) is 4.90. The van der Waals surface area contributed by atoms with Crippen molar-refractivity contribution in [2.75, 3.05) is 30.4 Å². The Labute approximate surface area is 110 Å². The van der Waals surface area contributed by atoms with Crippen LogP contribution >= 0.6 is 0 Å². The molecule has 6 nitrogen and oxygen atoms in total. The van der Waals surface area contributed by atoms with E-state index in [1.54, 1.807) is 18.2 Å². The molecule has 3 rings (SSSR count). The Morgan fingerprint density at radius 3 is 3.00 bits per heavy atom. The number of amides is 1. The van der Waals surface area contributed by atoms with Crippen molar-refractivity contribution in [2.24, 2.45) is 5.92 Å². The summed E-state index contributed by atoms with van der Waals surface area (Å²) in [6.45, 7) is 2.39. The van der Waals surface area contributed by atoms with Crippen LogP contribution in [0.4, 0.5) is 16.2 Å². The van der Waals surface area contributed by atoms with E-state index in [-0.39, 0.29) is 6.10 Å². The summed E-state index contributed by atoms with van der Waals surface area (Å²) in [5, 5.41) is 14.3. The van der Waals surface area contributed by atoms with Crippen molar-refractivity contribution < 1.29 is 19.4 Å². The lowest BCUT2D eigenvalue weighted by Gasteiger charge is -2.33. The molecule has 1 aromatic carbocycles. The van der Waals surface area contributed by atoms with Gasteiger partial charge in [0.1, 0.15) is 11.9 Å². The molecule has 1 unspecified atom stereocenters. The van der Waals surface area contributed by atoms with Gasteiger partial charge in [0.15, 0.2) is 0 Å². The molecule has 19 heavy (non-hydrogen) atoms. The van der Waals surface area contributed by atoms with Crippen molar-refractivity contribution in [1.82, 2.24) is 0 Å². The molecule has 2 aliphatic rings. The first-order valence-corrected chi connectivity index (χ1v) is 6.33. The zero-order valence-electron chi connectivity index (χ0n) is 10.4. The van der Waals surface area contributed by atoms with Crippen LogP contribution in [0.2, 0.25) is 0 Å². The van der Waals surface area contributed by atoms with E-state index in [2.05, 4.69) is 10.6 Å². The van der Waals surface area contributed by atoms with Gasteiger partial charge in [-0.15, -0.1) is 0 Å². The van der Waals surface area contributed by atoms with Crippen molar-refractivity contribution in [3.8, 4) is 5.75 Å². The van der Waals surface area contributed by atoms with Crippen LogP contribution < -0.4 is 15.4 Å². The van der Waals surface area contributed by atoms with Crippen molar-refractivity contribution >= 4 is 17.5 Å². The molecule has 1 aromatic rings. The largest absolute Gasteiger partial charge is 0.486 e. The van der Waals surface area contributed by atoms with Gasteiger partial charge in [-0.25, -0.2) is 4.79 Å². The molecule has 2 heterocycles. The number of hydrogen-bond donors (Lipinski definition) is 3. The molecule has 1 fully saturated rings. The minimum Gasteiger partial charge on any atom is -0.486 e. The van der Waals surface area contributed by atoms with Crippen molar-refractivity contribution in [2.45, 2.75) is 12.5 Å². The molecule has 0 spiro atoms. The summed E-state index contributed by atoms with van der Waals surface area (Å²) in [6, 6.07) is 5.23. The van der Waals surface area contributed by atoms with Crippen LogP contribution in [0.25, 0.3) is 0 Å². The van der Waals surface area contributed by atoms with E-state index >= 15 is 0 Å². The van der Waals surface area contributed by atoms with E-state index in [0.29, 0.717) is 11.6 Å². The first-order chi connectivity index (χ1) is 9.20. The van der Waals surface area contributed by atoms with Crippen LogP contribution in [0.1, 0.15) is 6.42 Å². The van der Waals surface area contributed by atoms with Gasteiger partial charge in [-0.1, -0.05) is 0 Å². The van der Waals surface area contributed by atoms with E-state index in [0.717, 1.165) is 37.6 Å². The number of benzene rings is 1. The minimum atomic E-state index is -1.07. The van der Waals surface area contributed by atoms with E-state index in [9.17, 15) is 4.79 Å². The van der Waals surface area contributed by atoms with Gasteiger partial charge in [0.2, 0.25) is 0 Å². The molecule has 1 atom stereocenters. The molecule has 0 saturated carbocycles. The molecular formula is C13H16N2O4. The number of hydrogen-bond acceptors (Lipinski definition) is 4. The van der Waals surface area contributed by atoms with Crippen LogP contribution in [0.15, 0.2) is 18.2 Å². The second kappa shape index (κ2) is 4.97. The monoisotopic (exact) mass is 264 g/mol. The van der Waals surface area contributed by atoms with Gasteiger partial charge in [-0.3, -0.25) is 5.32 Å². The van der Waals surface area contributed by atoms with E-state index in [4.69, 9.17) is 14.6 Å². The van der Waals surface area contributed by atoms with E-state index in [1.807, 2.05) is 0 Å². The molecule has 1 saturated heterocycles. The quantitative estimate of drug-likeness (QED) is 0.778. The Morgan fingerprint density at radius 1 is 1.47 bits per heavy atom. The highest BCUT2D eigenvalue weighted by molar-refractivity contribution is 5.84. The Kier molecular flexibility index (Phi) is 3.16. The van der Waals surface area contributed by atoms with Crippen LogP contribution in [0.3, 0.4) is 0 Å². The number of rotatable bonds is 3. The standard InChI is InChI=1S/C13H16N2O4/c16-13(17)15-9-1-2-12-11(4-9)14-5-10(19-12)3-8-6-18-7-8/h1-2,4,8,10,14-15H,3,5-7H2,(H,16,17). The highest BCUT2D eigenvalue weighted by Gasteiger charge is 2.27. The van der Waals surface area contributed by atoms with Gasteiger partial charge in [-0.2, -0.15) is 0 Å². The number of anilines is 2. The topological polar surface area (TPSA) is 79.8 Å². The summed E-state index contributed by atoms with van der Waals surface area (Å²) in [4.78, 5) is 10.6. The van der Waals surface area contributed by atoms with E-state index in [1.165, 1.54) is 0 Å². The van der Waals surface area contributed by atoms with Crippen LogP contribution in [-0.2, 0) is 4.74 Å². The smallest absolute Gasteiger partial charge is 0.409 e. The predicted molar refractivity (Wildman–Crippen MR) is 69.9 cm³/mol. The maximum absolute atomic E-state index is 10.6. The third-order valence-corrected chi connectivity index (χ3v) is 3.35. The van der Waals surface area contributed by atoms with Crippen LogP contribution in [-0.4, -0.2) is 37.1 Å². The molecular weight excluding hydrogens is 248 g/mol. The van der Waals surface area contributed by atoms with Gasteiger partial charge in [0.05, 0.1) is 25.4 Å². The van der Waals surface area contributed by atoms with Gasteiger partial charge in [0, 0.05) is 11.6 Å². The lowest BCUT2D eigenvalue weighted by molar-refractivity contribution is -0.0490. The zero-order chi connectivity index (χ0) is 13.2. The van der Waals surface area contributed by atoms with Crippen molar-refractivity contribution in [1.29, 1.82) is 0 Å². The lowest BCUT2D eigenvalue weighted by Crippen LogP contribution is -2.38. The number of carbonyl (C=O) groups is 1. The number of ether oxygens (including phenoxy) is 2. The van der Waals surface area contributed by atoms with Crippen molar-refractivity contribution in [3.05, 3.63) is 18.2 Å². The summed E-state index contributed by atoms with van der Waals surface area (Å²) < 4.78 is 11.1. The first kappa shape index (κ1) is 12.1. The molecule has 1 amide bonds. The molecule has 2 aliphatic heterocycles.